The molecular formula is C13H24O3. The average molecular weight is 228 g/mol. The molecule has 0 aromatic rings. The van der Waals surface area contributed by atoms with E-state index < -0.39 is 0 Å². The fourth-order valence-corrected chi connectivity index (χ4v) is 2.70. The normalized spacial score (nSPS) is 39.4. The van der Waals surface area contributed by atoms with Gasteiger partial charge in [-0.15, -0.1) is 0 Å². The summed E-state index contributed by atoms with van der Waals surface area (Å²) in [5.41, 5.74) is 0. The van der Waals surface area contributed by atoms with Crippen molar-refractivity contribution in [1.29, 1.82) is 0 Å². The van der Waals surface area contributed by atoms with Gasteiger partial charge in [-0.2, -0.15) is 0 Å². The number of fused-ring (bicyclic) bond motifs is 1. The first-order valence-electron chi connectivity index (χ1n) is 6.77. The lowest BCUT2D eigenvalue weighted by atomic mass is 9.90. The van der Waals surface area contributed by atoms with Crippen LogP contribution in [0.25, 0.3) is 0 Å². The van der Waals surface area contributed by atoms with E-state index in [1.54, 1.807) is 0 Å². The summed E-state index contributed by atoms with van der Waals surface area (Å²) in [5.74, 6) is 0.460. The van der Waals surface area contributed by atoms with Crippen LogP contribution in [0.4, 0.5) is 0 Å². The molecule has 0 aromatic carbocycles. The van der Waals surface area contributed by atoms with Gasteiger partial charge in [0.1, 0.15) is 0 Å². The average Bonchev–Trinajstić information content (AvgIpc) is 2.30. The molecule has 0 unspecified atom stereocenters. The second kappa shape index (κ2) is 5.99. The fourth-order valence-electron chi connectivity index (χ4n) is 2.70. The summed E-state index contributed by atoms with van der Waals surface area (Å²) in [6.45, 7) is 5.22. The lowest BCUT2D eigenvalue weighted by molar-refractivity contribution is -0.345. The minimum atomic E-state index is -0.0408. The first-order chi connectivity index (χ1) is 7.85. The van der Waals surface area contributed by atoms with Crippen LogP contribution in [0, 0.1) is 5.92 Å². The summed E-state index contributed by atoms with van der Waals surface area (Å²) in [6, 6.07) is 0. The molecule has 2 saturated heterocycles. The van der Waals surface area contributed by atoms with E-state index in [1.165, 1.54) is 12.8 Å². The molecule has 2 aliphatic rings. The molecule has 0 N–H and O–H groups in total. The van der Waals surface area contributed by atoms with Gasteiger partial charge in [-0.3, -0.25) is 0 Å². The van der Waals surface area contributed by atoms with Gasteiger partial charge in [0, 0.05) is 12.5 Å². The summed E-state index contributed by atoms with van der Waals surface area (Å²) in [4.78, 5) is 0. The predicted octanol–water partition coefficient (Wildman–Crippen LogP) is 3.08. The molecule has 0 aromatic heterocycles. The maximum atomic E-state index is 6.03. The van der Waals surface area contributed by atoms with Gasteiger partial charge >= 0.3 is 0 Å². The molecule has 3 nitrogen and oxygen atoms in total. The zero-order valence-electron chi connectivity index (χ0n) is 10.5. The number of rotatable bonds is 4. The maximum absolute atomic E-state index is 6.03. The van der Waals surface area contributed by atoms with E-state index in [1.807, 2.05) is 0 Å². The highest BCUT2D eigenvalue weighted by atomic mass is 16.8. The molecule has 0 saturated carbocycles. The van der Waals surface area contributed by atoms with Crippen LogP contribution in [0.1, 0.15) is 52.4 Å². The van der Waals surface area contributed by atoms with E-state index in [-0.39, 0.29) is 12.6 Å². The van der Waals surface area contributed by atoms with Crippen LogP contribution >= 0.6 is 0 Å². The molecule has 2 aliphatic heterocycles. The molecule has 0 aliphatic carbocycles. The van der Waals surface area contributed by atoms with Crippen molar-refractivity contribution in [3.8, 4) is 0 Å². The number of hydrogen-bond acceptors (Lipinski definition) is 3. The Morgan fingerprint density at radius 2 is 1.88 bits per heavy atom. The molecule has 16 heavy (non-hydrogen) atoms. The Kier molecular flexibility index (Phi) is 4.62. The van der Waals surface area contributed by atoms with Gasteiger partial charge in [-0.25, -0.2) is 0 Å². The molecule has 2 heterocycles. The molecule has 0 amide bonds. The van der Waals surface area contributed by atoms with Crippen molar-refractivity contribution >= 4 is 0 Å². The Morgan fingerprint density at radius 1 is 1.06 bits per heavy atom. The van der Waals surface area contributed by atoms with E-state index in [9.17, 15) is 0 Å². The van der Waals surface area contributed by atoms with Crippen LogP contribution < -0.4 is 0 Å². The van der Waals surface area contributed by atoms with Crippen molar-refractivity contribution < 1.29 is 14.2 Å². The van der Waals surface area contributed by atoms with E-state index in [2.05, 4.69) is 13.8 Å². The monoisotopic (exact) mass is 228 g/mol. The van der Waals surface area contributed by atoms with Crippen molar-refractivity contribution in [3.05, 3.63) is 0 Å². The first-order valence-corrected chi connectivity index (χ1v) is 6.77. The maximum Gasteiger partial charge on any atom is 0.165 e. The summed E-state index contributed by atoms with van der Waals surface area (Å²) in [5, 5.41) is 0. The molecule has 0 spiro atoms. The van der Waals surface area contributed by atoms with E-state index in [4.69, 9.17) is 14.2 Å². The third kappa shape index (κ3) is 2.76. The van der Waals surface area contributed by atoms with Crippen LogP contribution in [0.3, 0.4) is 0 Å². The largest absolute Gasteiger partial charge is 0.352 e. The van der Waals surface area contributed by atoms with E-state index >= 15 is 0 Å². The van der Waals surface area contributed by atoms with Crippen molar-refractivity contribution in [2.45, 2.75) is 71.1 Å². The topological polar surface area (TPSA) is 27.7 Å². The quantitative estimate of drug-likeness (QED) is 0.740. The van der Waals surface area contributed by atoms with Gasteiger partial charge in [0.2, 0.25) is 0 Å². The molecule has 3 heteroatoms. The third-order valence-electron chi connectivity index (χ3n) is 3.50. The second-order valence-corrected chi connectivity index (χ2v) is 4.86. The van der Waals surface area contributed by atoms with Crippen molar-refractivity contribution in [2.24, 2.45) is 5.92 Å². The summed E-state index contributed by atoms with van der Waals surface area (Å²) in [7, 11) is 0. The van der Waals surface area contributed by atoms with Gasteiger partial charge in [-0.1, -0.05) is 26.7 Å². The van der Waals surface area contributed by atoms with Gasteiger partial charge in [0.25, 0.3) is 0 Å². The number of hydrogen-bond donors (Lipinski definition) is 0. The standard InChI is InChI=1S/C13H24O3/c1-3-6-11-10-8-5-9-14-13(10)16-12(15-11)7-4-2/h10-13H,3-9H2,1-2H3/t10-,11-,12-,13-/m1/s1. The Labute approximate surface area is 98.4 Å². The van der Waals surface area contributed by atoms with Crippen molar-refractivity contribution in [1.82, 2.24) is 0 Å². The highest BCUT2D eigenvalue weighted by Crippen LogP contribution is 2.35. The molecule has 0 radical (unpaired) electrons. The Hall–Kier alpha value is -0.120. The van der Waals surface area contributed by atoms with Gasteiger partial charge in [-0.05, 0) is 25.7 Å². The van der Waals surface area contributed by atoms with Crippen LogP contribution in [0.5, 0.6) is 0 Å². The fraction of sp³-hybridized carbons (Fsp3) is 1.00. The highest BCUT2D eigenvalue weighted by molar-refractivity contribution is 4.80. The Morgan fingerprint density at radius 3 is 2.62 bits per heavy atom. The summed E-state index contributed by atoms with van der Waals surface area (Å²) >= 11 is 0. The lowest BCUT2D eigenvalue weighted by Crippen LogP contribution is -2.49. The van der Waals surface area contributed by atoms with E-state index in [0.29, 0.717) is 12.0 Å². The lowest BCUT2D eigenvalue weighted by Gasteiger charge is -2.44. The van der Waals surface area contributed by atoms with Crippen LogP contribution in [0.2, 0.25) is 0 Å². The van der Waals surface area contributed by atoms with Crippen molar-refractivity contribution in [3.63, 3.8) is 0 Å². The predicted molar refractivity (Wildman–Crippen MR) is 62.0 cm³/mol. The van der Waals surface area contributed by atoms with Gasteiger partial charge in [0.15, 0.2) is 12.6 Å². The Balaban J connectivity index is 1.97. The zero-order valence-corrected chi connectivity index (χ0v) is 10.5. The van der Waals surface area contributed by atoms with Crippen LogP contribution in [-0.2, 0) is 14.2 Å². The molecule has 2 rings (SSSR count). The third-order valence-corrected chi connectivity index (χ3v) is 3.50. The SMILES string of the molecule is CCC[C@H]1O[C@H]2OCCC[C@@H]2[C@@H](CCC)O1. The van der Waals surface area contributed by atoms with Gasteiger partial charge in [0.05, 0.1) is 6.10 Å². The zero-order chi connectivity index (χ0) is 11.4. The van der Waals surface area contributed by atoms with Crippen LogP contribution in [-0.4, -0.2) is 25.3 Å². The minimum absolute atomic E-state index is 0.00407. The van der Waals surface area contributed by atoms with Gasteiger partial charge < -0.3 is 14.2 Å². The number of ether oxygens (including phenoxy) is 3. The van der Waals surface area contributed by atoms with Crippen molar-refractivity contribution in [2.75, 3.05) is 6.61 Å². The second-order valence-electron chi connectivity index (χ2n) is 4.86. The molecular weight excluding hydrogens is 204 g/mol. The molecule has 2 fully saturated rings. The summed E-state index contributed by atoms with van der Waals surface area (Å²) < 4.78 is 17.6. The molecule has 0 bridgehead atoms. The smallest absolute Gasteiger partial charge is 0.165 e. The summed E-state index contributed by atoms with van der Waals surface area (Å²) in [6.07, 6.45) is 7.02. The minimum Gasteiger partial charge on any atom is -0.352 e. The van der Waals surface area contributed by atoms with Crippen LogP contribution in [0.15, 0.2) is 0 Å². The highest BCUT2D eigenvalue weighted by Gasteiger charge is 2.40. The first kappa shape index (κ1) is 12.3. The molecule has 94 valence electrons. The van der Waals surface area contributed by atoms with E-state index in [0.717, 1.165) is 32.3 Å². The Bertz CT molecular complexity index is 207. The molecule has 4 atom stereocenters.